The number of nitrogens with one attached hydrogen (secondary N) is 1. The second kappa shape index (κ2) is 8.22. The number of para-hydroxylation sites is 2. The third kappa shape index (κ3) is 4.04. The van der Waals surface area contributed by atoms with Crippen LogP contribution in [0.3, 0.4) is 0 Å². The molecule has 2 heterocycles. The van der Waals surface area contributed by atoms with Gasteiger partial charge in [-0.1, -0.05) is 23.9 Å². The van der Waals surface area contributed by atoms with Gasteiger partial charge in [-0.05, 0) is 37.3 Å². The summed E-state index contributed by atoms with van der Waals surface area (Å²) >= 11 is 1.16. The number of aromatic nitrogens is 2. The third-order valence-electron chi connectivity index (χ3n) is 3.81. The predicted octanol–water partition coefficient (Wildman–Crippen LogP) is 3.59. The summed E-state index contributed by atoms with van der Waals surface area (Å²) in [6, 6.07) is 12.7. The third-order valence-corrected chi connectivity index (χ3v) is 4.63. The minimum absolute atomic E-state index is 0.128. The van der Waals surface area contributed by atoms with Gasteiger partial charge in [0.25, 0.3) is 5.22 Å². The maximum atomic E-state index is 12.2. The van der Waals surface area contributed by atoms with Gasteiger partial charge in [-0.3, -0.25) is 4.79 Å². The summed E-state index contributed by atoms with van der Waals surface area (Å²) in [5.41, 5.74) is 1.35. The van der Waals surface area contributed by atoms with Crippen LogP contribution in [0.1, 0.15) is 6.92 Å². The fraction of sp³-hybridized carbons (Fsp3) is 0.211. The van der Waals surface area contributed by atoms with Crippen molar-refractivity contribution in [2.45, 2.75) is 12.1 Å². The number of ether oxygens (including phenoxy) is 3. The van der Waals surface area contributed by atoms with E-state index in [1.54, 1.807) is 18.2 Å². The first-order chi connectivity index (χ1) is 13.7. The Bertz CT molecular complexity index is 991. The Morgan fingerprint density at radius 2 is 2.04 bits per heavy atom. The van der Waals surface area contributed by atoms with Crippen LogP contribution < -0.4 is 19.5 Å². The van der Waals surface area contributed by atoms with E-state index in [9.17, 15) is 4.79 Å². The second-order valence-electron chi connectivity index (χ2n) is 5.71. The van der Waals surface area contributed by atoms with Crippen LogP contribution in [-0.2, 0) is 4.79 Å². The normalized spacial score (nSPS) is 12.0. The number of carbonyl (C=O) groups is 1. The highest BCUT2D eigenvalue weighted by Crippen LogP contribution is 2.36. The Labute approximate surface area is 165 Å². The average molecular weight is 399 g/mol. The van der Waals surface area contributed by atoms with E-state index in [0.29, 0.717) is 40.7 Å². The topological polar surface area (TPSA) is 95.7 Å². The molecule has 1 aliphatic heterocycles. The number of hydrogen-bond donors (Lipinski definition) is 1. The summed E-state index contributed by atoms with van der Waals surface area (Å²) < 4.78 is 21.8. The molecule has 0 saturated carbocycles. The molecule has 0 bridgehead atoms. The molecule has 1 N–H and O–H groups in total. The van der Waals surface area contributed by atoms with Crippen LogP contribution in [0.4, 0.5) is 5.69 Å². The van der Waals surface area contributed by atoms with Gasteiger partial charge in [-0.15, -0.1) is 10.2 Å². The van der Waals surface area contributed by atoms with Crippen molar-refractivity contribution in [2.75, 3.05) is 24.5 Å². The first kappa shape index (κ1) is 18.2. The molecule has 0 atom stereocenters. The molecule has 0 saturated heterocycles. The molecule has 1 aliphatic rings. The number of fused-ring (bicyclic) bond motifs is 1. The molecular formula is C19H17N3O5S. The standard InChI is InChI=1S/C19H17N3O5S/c1-2-24-14-6-4-3-5-13(14)20-17(23)10-28-19-22-21-18(27-19)12-7-8-15-16(9-12)26-11-25-15/h3-9H,2,10-11H2,1H3,(H,20,23). The van der Waals surface area contributed by atoms with Crippen molar-refractivity contribution in [1.29, 1.82) is 0 Å². The SMILES string of the molecule is CCOc1ccccc1NC(=O)CSc1nnc(-c2ccc3c(c2)OCO3)o1. The molecule has 0 aliphatic carbocycles. The van der Waals surface area contributed by atoms with E-state index < -0.39 is 0 Å². The molecule has 1 aromatic heterocycles. The van der Waals surface area contributed by atoms with Crippen molar-refractivity contribution in [1.82, 2.24) is 10.2 Å². The molecule has 0 fully saturated rings. The minimum atomic E-state index is -0.194. The molecule has 9 heteroatoms. The monoisotopic (exact) mass is 399 g/mol. The van der Waals surface area contributed by atoms with E-state index in [4.69, 9.17) is 18.6 Å². The van der Waals surface area contributed by atoms with Gasteiger partial charge >= 0.3 is 0 Å². The van der Waals surface area contributed by atoms with Gasteiger partial charge in [-0.25, -0.2) is 0 Å². The quantitative estimate of drug-likeness (QED) is 0.602. The van der Waals surface area contributed by atoms with Gasteiger partial charge in [-0.2, -0.15) is 0 Å². The van der Waals surface area contributed by atoms with Crippen LogP contribution in [0.15, 0.2) is 52.1 Å². The summed E-state index contributed by atoms with van der Waals surface area (Å²) in [6.07, 6.45) is 0. The lowest BCUT2D eigenvalue weighted by Crippen LogP contribution is -2.14. The number of amides is 1. The number of rotatable bonds is 7. The van der Waals surface area contributed by atoms with E-state index in [0.717, 1.165) is 17.3 Å². The number of hydrogen-bond acceptors (Lipinski definition) is 8. The zero-order chi connectivity index (χ0) is 19.3. The molecule has 0 spiro atoms. The van der Waals surface area contributed by atoms with Crippen molar-refractivity contribution < 1.29 is 23.4 Å². The van der Waals surface area contributed by atoms with Crippen molar-refractivity contribution in [2.24, 2.45) is 0 Å². The predicted molar refractivity (Wildman–Crippen MR) is 103 cm³/mol. The highest BCUT2D eigenvalue weighted by molar-refractivity contribution is 7.99. The fourth-order valence-corrected chi connectivity index (χ4v) is 3.14. The maximum absolute atomic E-state index is 12.2. The Balaban J connectivity index is 1.36. The molecular weight excluding hydrogens is 382 g/mol. The first-order valence-electron chi connectivity index (χ1n) is 8.61. The van der Waals surface area contributed by atoms with E-state index in [-0.39, 0.29) is 18.5 Å². The van der Waals surface area contributed by atoms with Gasteiger partial charge < -0.3 is 23.9 Å². The Hall–Kier alpha value is -3.20. The highest BCUT2D eigenvalue weighted by Gasteiger charge is 2.17. The Kier molecular flexibility index (Phi) is 5.34. The zero-order valence-electron chi connectivity index (χ0n) is 15.0. The first-order valence-corrected chi connectivity index (χ1v) is 9.59. The molecule has 0 radical (unpaired) electrons. The van der Waals surface area contributed by atoms with E-state index >= 15 is 0 Å². The number of carbonyl (C=O) groups excluding carboxylic acids is 1. The largest absolute Gasteiger partial charge is 0.492 e. The minimum Gasteiger partial charge on any atom is -0.492 e. The molecule has 1 amide bonds. The molecule has 2 aromatic carbocycles. The lowest BCUT2D eigenvalue weighted by atomic mass is 10.2. The van der Waals surface area contributed by atoms with Crippen molar-refractivity contribution in [3.8, 4) is 28.7 Å². The van der Waals surface area contributed by atoms with E-state index in [1.165, 1.54) is 0 Å². The maximum Gasteiger partial charge on any atom is 0.277 e. The number of nitrogens with zero attached hydrogens (tertiary/aromatic N) is 2. The van der Waals surface area contributed by atoms with E-state index in [1.807, 2.05) is 31.2 Å². The number of thioether (sulfide) groups is 1. The van der Waals surface area contributed by atoms with Crippen LogP contribution in [0.2, 0.25) is 0 Å². The van der Waals surface area contributed by atoms with Gasteiger partial charge in [0, 0.05) is 5.56 Å². The smallest absolute Gasteiger partial charge is 0.277 e. The number of benzene rings is 2. The lowest BCUT2D eigenvalue weighted by molar-refractivity contribution is -0.113. The zero-order valence-corrected chi connectivity index (χ0v) is 15.8. The van der Waals surface area contributed by atoms with Crippen LogP contribution in [0.25, 0.3) is 11.5 Å². The van der Waals surface area contributed by atoms with Crippen molar-refractivity contribution in [3.05, 3.63) is 42.5 Å². The van der Waals surface area contributed by atoms with Crippen molar-refractivity contribution >= 4 is 23.4 Å². The highest BCUT2D eigenvalue weighted by atomic mass is 32.2. The van der Waals surface area contributed by atoms with Crippen LogP contribution in [0, 0.1) is 0 Å². The summed E-state index contributed by atoms with van der Waals surface area (Å²) in [4.78, 5) is 12.2. The van der Waals surface area contributed by atoms with E-state index in [2.05, 4.69) is 15.5 Å². The Morgan fingerprint density at radius 1 is 1.18 bits per heavy atom. The molecule has 144 valence electrons. The fourth-order valence-electron chi connectivity index (χ4n) is 2.58. The second-order valence-corrected chi connectivity index (χ2v) is 6.63. The lowest BCUT2D eigenvalue weighted by Gasteiger charge is -2.10. The molecule has 4 rings (SSSR count). The molecule has 0 unspecified atom stereocenters. The average Bonchev–Trinajstić information content (AvgIpc) is 3.37. The van der Waals surface area contributed by atoms with Crippen LogP contribution >= 0.6 is 11.8 Å². The molecule has 28 heavy (non-hydrogen) atoms. The van der Waals surface area contributed by atoms with Gasteiger partial charge in [0.05, 0.1) is 18.0 Å². The summed E-state index contributed by atoms with van der Waals surface area (Å²) in [7, 11) is 0. The Morgan fingerprint density at radius 3 is 2.93 bits per heavy atom. The van der Waals surface area contributed by atoms with Crippen molar-refractivity contribution in [3.63, 3.8) is 0 Å². The summed E-state index contributed by atoms with van der Waals surface area (Å²) in [5.74, 6) is 2.23. The molecule has 8 nitrogen and oxygen atoms in total. The summed E-state index contributed by atoms with van der Waals surface area (Å²) in [5, 5.41) is 11.1. The number of anilines is 1. The van der Waals surface area contributed by atoms with Crippen LogP contribution in [0.5, 0.6) is 17.2 Å². The summed E-state index contributed by atoms with van der Waals surface area (Å²) in [6.45, 7) is 2.61. The van der Waals surface area contributed by atoms with Gasteiger partial charge in [0.1, 0.15) is 5.75 Å². The molecule has 3 aromatic rings. The van der Waals surface area contributed by atoms with Gasteiger partial charge in [0.2, 0.25) is 18.6 Å². The van der Waals surface area contributed by atoms with Crippen LogP contribution in [-0.4, -0.2) is 35.3 Å². The van der Waals surface area contributed by atoms with Gasteiger partial charge in [0.15, 0.2) is 11.5 Å².